The van der Waals surface area contributed by atoms with Crippen molar-refractivity contribution in [3.05, 3.63) is 29.3 Å². The maximum atomic E-state index is 10.6. The van der Waals surface area contributed by atoms with E-state index in [1.54, 1.807) is 0 Å². The lowest BCUT2D eigenvalue weighted by atomic mass is 10.0. The predicted molar refractivity (Wildman–Crippen MR) is 93.6 cm³/mol. The molecule has 1 aromatic rings. The van der Waals surface area contributed by atoms with Crippen LogP contribution in [0, 0.1) is 6.92 Å². The summed E-state index contributed by atoms with van der Waals surface area (Å²) in [4.78, 5) is 2.44. The van der Waals surface area contributed by atoms with E-state index < -0.39 is 6.10 Å². The van der Waals surface area contributed by atoms with Gasteiger partial charge in [-0.05, 0) is 57.8 Å². The average Bonchev–Trinajstić information content (AvgIpc) is 2.51. The van der Waals surface area contributed by atoms with Crippen LogP contribution >= 0.6 is 0 Å². The van der Waals surface area contributed by atoms with E-state index >= 15 is 0 Å². The van der Waals surface area contributed by atoms with Gasteiger partial charge in [0.1, 0.15) is 5.75 Å². The third-order valence-electron chi connectivity index (χ3n) is 3.78. The summed E-state index contributed by atoms with van der Waals surface area (Å²) in [6, 6.07) is 6.08. The fourth-order valence-corrected chi connectivity index (χ4v) is 2.70. The molecule has 0 fully saturated rings. The first-order valence-electron chi connectivity index (χ1n) is 8.76. The second-order valence-electron chi connectivity index (χ2n) is 6.04. The number of nitrogens with zero attached hydrogens (tertiary/aromatic N) is 1. The molecule has 0 bridgehead atoms. The minimum Gasteiger partial charge on any atom is -0.493 e. The highest BCUT2D eigenvalue weighted by molar-refractivity contribution is 5.38. The molecule has 0 aromatic heterocycles. The monoisotopic (exact) mass is 307 g/mol. The molecule has 3 nitrogen and oxygen atoms in total. The van der Waals surface area contributed by atoms with E-state index in [4.69, 9.17) is 4.74 Å². The van der Waals surface area contributed by atoms with Crippen molar-refractivity contribution in [2.45, 2.75) is 59.5 Å². The Morgan fingerprint density at radius 3 is 2.32 bits per heavy atom. The first kappa shape index (κ1) is 19.0. The zero-order valence-electron chi connectivity index (χ0n) is 14.8. The highest BCUT2D eigenvalue weighted by Crippen LogP contribution is 2.29. The molecule has 1 rings (SSSR count). The quantitative estimate of drug-likeness (QED) is 0.660. The number of benzene rings is 1. The van der Waals surface area contributed by atoms with Crippen molar-refractivity contribution in [3.8, 4) is 5.75 Å². The summed E-state index contributed by atoms with van der Waals surface area (Å²) in [7, 11) is 0. The van der Waals surface area contributed by atoms with Crippen molar-refractivity contribution in [1.82, 2.24) is 4.90 Å². The number of aliphatic hydroxyl groups is 1. The van der Waals surface area contributed by atoms with E-state index in [2.05, 4.69) is 38.7 Å². The van der Waals surface area contributed by atoms with Crippen LogP contribution in [0.5, 0.6) is 5.75 Å². The molecule has 0 radical (unpaired) electrons. The molecule has 0 aliphatic carbocycles. The van der Waals surface area contributed by atoms with Gasteiger partial charge in [0.05, 0.1) is 12.7 Å². The van der Waals surface area contributed by atoms with Crippen molar-refractivity contribution in [1.29, 1.82) is 0 Å². The van der Waals surface area contributed by atoms with Gasteiger partial charge in [0, 0.05) is 12.1 Å². The lowest BCUT2D eigenvalue weighted by Gasteiger charge is -2.23. The standard InChI is InChI=1S/C19H33NO2/c1-5-11-20(12-6-2)13-10-18(21)17-15-16(4)8-9-19(17)22-14-7-3/h8-9,15,18,21H,5-7,10-14H2,1-4H3. The van der Waals surface area contributed by atoms with E-state index in [-0.39, 0.29) is 0 Å². The van der Waals surface area contributed by atoms with Crippen LogP contribution in [0.25, 0.3) is 0 Å². The maximum Gasteiger partial charge on any atom is 0.125 e. The zero-order chi connectivity index (χ0) is 16.4. The molecule has 1 atom stereocenters. The lowest BCUT2D eigenvalue weighted by molar-refractivity contribution is 0.137. The van der Waals surface area contributed by atoms with Crippen LogP contribution in [0.1, 0.15) is 63.7 Å². The number of hydrogen-bond donors (Lipinski definition) is 1. The SMILES string of the molecule is CCCOc1ccc(C)cc1C(O)CCN(CCC)CCC. The molecule has 0 aliphatic heterocycles. The lowest BCUT2D eigenvalue weighted by Crippen LogP contribution is -2.27. The Labute approximate surface area is 136 Å². The normalized spacial score (nSPS) is 12.6. The van der Waals surface area contributed by atoms with Crippen LogP contribution in [0.15, 0.2) is 18.2 Å². The fraction of sp³-hybridized carbons (Fsp3) is 0.684. The van der Waals surface area contributed by atoms with Gasteiger partial charge in [0.15, 0.2) is 0 Å². The summed E-state index contributed by atoms with van der Waals surface area (Å²) < 4.78 is 5.79. The summed E-state index contributed by atoms with van der Waals surface area (Å²) in [6.45, 7) is 12.4. The smallest absolute Gasteiger partial charge is 0.125 e. The Morgan fingerprint density at radius 1 is 1.05 bits per heavy atom. The predicted octanol–water partition coefficient (Wildman–Crippen LogP) is 4.33. The molecule has 0 aliphatic rings. The first-order valence-corrected chi connectivity index (χ1v) is 8.76. The van der Waals surface area contributed by atoms with Crippen LogP contribution < -0.4 is 4.74 Å². The highest BCUT2D eigenvalue weighted by atomic mass is 16.5. The van der Waals surface area contributed by atoms with Gasteiger partial charge in [-0.1, -0.05) is 32.4 Å². The topological polar surface area (TPSA) is 32.7 Å². The Bertz CT molecular complexity index is 414. The van der Waals surface area contributed by atoms with Crippen LogP contribution in [0.3, 0.4) is 0 Å². The van der Waals surface area contributed by atoms with Gasteiger partial charge in [-0.15, -0.1) is 0 Å². The molecule has 1 unspecified atom stereocenters. The molecule has 1 N–H and O–H groups in total. The van der Waals surface area contributed by atoms with Crippen LogP contribution in [-0.4, -0.2) is 36.2 Å². The van der Waals surface area contributed by atoms with Gasteiger partial charge in [-0.3, -0.25) is 0 Å². The minimum absolute atomic E-state index is 0.456. The van der Waals surface area contributed by atoms with Crippen molar-refractivity contribution in [3.63, 3.8) is 0 Å². The summed E-state index contributed by atoms with van der Waals surface area (Å²) in [5.41, 5.74) is 2.10. The Balaban J connectivity index is 2.70. The van der Waals surface area contributed by atoms with Gasteiger partial charge in [-0.25, -0.2) is 0 Å². The maximum absolute atomic E-state index is 10.6. The van der Waals surface area contributed by atoms with E-state index in [1.807, 2.05) is 12.1 Å². The molecule has 0 spiro atoms. The summed E-state index contributed by atoms with van der Waals surface area (Å²) in [5, 5.41) is 10.6. The van der Waals surface area contributed by atoms with Crippen molar-refractivity contribution >= 4 is 0 Å². The van der Waals surface area contributed by atoms with Crippen LogP contribution in [0.2, 0.25) is 0 Å². The number of ether oxygens (including phenoxy) is 1. The summed E-state index contributed by atoms with van der Waals surface area (Å²) in [5.74, 6) is 0.831. The van der Waals surface area contributed by atoms with Gasteiger partial charge in [-0.2, -0.15) is 0 Å². The van der Waals surface area contributed by atoms with Crippen molar-refractivity contribution in [2.75, 3.05) is 26.2 Å². The molecule has 0 amide bonds. The third kappa shape index (κ3) is 6.37. The van der Waals surface area contributed by atoms with E-state index in [0.717, 1.165) is 62.2 Å². The second kappa shape index (κ2) is 10.6. The fourth-order valence-electron chi connectivity index (χ4n) is 2.70. The van der Waals surface area contributed by atoms with Gasteiger partial charge in [0.2, 0.25) is 0 Å². The molecule has 0 saturated carbocycles. The minimum atomic E-state index is -0.456. The highest BCUT2D eigenvalue weighted by Gasteiger charge is 2.15. The molecular formula is C19H33NO2. The van der Waals surface area contributed by atoms with Crippen molar-refractivity contribution < 1.29 is 9.84 Å². The summed E-state index contributed by atoms with van der Waals surface area (Å²) in [6.07, 6.45) is 3.59. The molecule has 126 valence electrons. The number of rotatable bonds is 11. The van der Waals surface area contributed by atoms with Crippen molar-refractivity contribution in [2.24, 2.45) is 0 Å². The average molecular weight is 307 g/mol. The van der Waals surface area contributed by atoms with Gasteiger partial charge < -0.3 is 14.7 Å². The van der Waals surface area contributed by atoms with E-state index in [1.165, 1.54) is 0 Å². The van der Waals surface area contributed by atoms with Gasteiger partial charge in [0.25, 0.3) is 0 Å². The van der Waals surface area contributed by atoms with Crippen LogP contribution in [-0.2, 0) is 0 Å². The first-order chi connectivity index (χ1) is 10.6. The second-order valence-corrected chi connectivity index (χ2v) is 6.04. The zero-order valence-corrected chi connectivity index (χ0v) is 14.8. The van der Waals surface area contributed by atoms with E-state index in [0.29, 0.717) is 6.61 Å². The largest absolute Gasteiger partial charge is 0.493 e. The number of hydrogen-bond acceptors (Lipinski definition) is 3. The molecule has 1 aromatic carbocycles. The molecule has 3 heteroatoms. The number of aryl methyl sites for hydroxylation is 1. The third-order valence-corrected chi connectivity index (χ3v) is 3.78. The Morgan fingerprint density at radius 2 is 1.73 bits per heavy atom. The summed E-state index contributed by atoms with van der Waals surface area (Å²) >= 11 is 0. The van der Waals surface area contributed by atoms with Gasteiger partial charge >= 0.3 is 0 Å². The Kier molecular flexibility index (Phi) is 9.17. The molecule has 0 saturated heterocycles. The Hall–Kier alpha value is -1.06. The molecule has 22 heavy (non-hydrogen) atoms. The molecular weight excluding hydrogens is 274 g/mol. The van der Waals surface area contributed by atoms with Crippen LogP contribution in [0.4, 0.5) is 0 Å². The number of aliphatic hydroxyl groups excluding tert-OH is 1. The molecule has 0 heterocycles. The van der Waals surface area contributed by atoms with E-state index in [9.17, 15) is 5.11 Å².